The van der Waals surface area contributed by atoms with Gasteiger partial charge in [0.05, 0.1) is 16.8 Å². The van der Waals surface area contributed by atoms with E-state index in [0.29, 0.717) is 6.54 Å². The van der Waals surface area contributed by atoms with Gasteiger partial charge in [0.15, 0.2) is 0 Å². The van der Waals surface area contributed by atoms with Crippen molar-refractivity contribution < 1.29 is 5.11 Å². The number of rotatable bonds is 7. The number of piperazine rings is 1. The van der Waals surface area contributed by atoms with Crippen molar-refractivity contribution in [2.45, 2.75) is 26.0 Å². The van der Waals surface area contributed by atoms with E-state index in [1.54, 1.807) is 11.3 Å². The first-order valence-corrected chi connectivity index (χ1v) is 8.65. The predicted molar refractivity (Wildman–Crippen MR) is 87.8 cm³/mol. The molecular weight excluding hydrogens is 284 g/mol. The lowest BCUT2D eigenvalue weighted by Gasteiger charge is -2.34. The highest BCUT2D eigenvalue weighted by atomic mass is 32.1. The van der Waals surface area contributed by atoms with E-state index >= 15 is 0 Å². The molecule has 1 unspecified atom stereocenters. The fourth-order valence-electron chi connectivity index (χ4n) is 2.67. The zero-order chi connectivity index (χ0) is 15.2. The van der Waals surface area contributed by atoms with Crippen LogP contribution in [0.15, 0.2) is 5.38 Å². The minimum absolute atomic E-state index is 0.289. The molecule has 0 amide bonds. The number of likely N-dealkylation sites (N-methyl/N-ethyl adjacent to an activating group) is 2. The summed E-state index contributed by atoms with van der Waals surface area (Å²) in [5.74, 6) is 0. The average Bonchev–Trinajstić information content (AvgIpc) is 2.88. The van der Waals surface area contributed by atoms with E-state index < -0.39 is 0 Å². The number of β-amino-alcohol motifs (C(OH)–C–C–N with tert-alkyl or cyclic N) is 1. The molecule has 1 aromatic heterocycles. The number of aliphatic hydroxyl groups excluding tert-OH is 1. The van der Waals surface area contributed by atoms with Gasteiger partial charge in [0.1, 0.15) is 0 Å². The molecule has 1 fully saturated rings. The third-order valence-corrected chi connectivity index (χ3v) is 4.96. The van der Waals surface area contributed by atoms with E-state index in [4.69, 9.17) is 0 Å². The highest BCUT2D eigenvalue weighted by Gasteiger charge is 2.18. The van der Waals surface area contributed by atoms with Crippen molar-refractivity contribution in [1.29, 1.82) is 0 Å². The van der Waals surface area contributed by atoms with Crippen LogP contribution >= 0.6 is 11.3 Å². The Labute approximate surface area is 132 Å². The molecule has 21 heavy (non-hydrogen) atoms. The molecule has 1 saturated heterocycles. The molecule has 0 aromatic carbocycles. The fourth-order valence-corrected chi connectivity index (χ4v) is 3.41. The van der Waals surface area contributed by atoms with E-state index in [0.717, 1.165) is 51.4 Å². The van der Waals surface area contributed by atoms with Crippen LogP contribution in [0.2, 0.25) is 0 Å². The van der Waals surface area contributed by atoms with Crippen LogP contribution < -0.4 is 0 Å². The highest BCUT2D eigenvalue weighted by molar-refractivity contribution is 7.09. The van der Waals surface area contributed by atoms with Gasteiger partial charge < -0.3 is 10.0 Å². The van der Waals surface area contributed by atoms with Gasteiger partial charge in [-0.3, -0.25) is 9.80 Å². The summed E-state index contributed by atoms with van der Waals surface area (Å²) in [5.41, 5.74) is 1.12. The zero-order valence-electron chi connectivity index (χ0n) is 13.5. The number of aliphatic hydroxyl groups is 1. The number of nitrogens with zero attached hydrogens (tertiary/aromatic N) is 4. The minimum atomic E-state index is -0.289. The predicted octanol–water partition coefficient (Wildman–Crippen LogP) is 0.746. The van der Waals surface area contributed by atoms with Crippen LogP contribution in [0.5, 0.6) is 0 Å². The van der Waals surface area contributed by atoms with E-state index in [9.17, 15) is 5.11 Å². The Kier molecular flexibility index (Phi) is 6.57. The first-order valence-electron chi connectivity index (χ1n) is 7.77. The topological polar surface area (TPSA) is 42.8 Å². The normalized spacial score (nSPS) is 19.3. The van der Waals surface area contributed by atoms with Crippen molar-refractivity contribution >= 4 is 11.3 Å². The summed E-state index contributed by atoms with van der Waals surface area (Å²) in [6.07, 6.45) is 0.711. The molecule has 0 spiro atoms. The van der Waals surface area contributed by atoms with Crippen LogP contribution in [-0.2, 0) is 13.0 Å². The second kappa shape index (κ2) is 8.19. The summed E-state index contributed by atoms with van der Waals surface area (Å²) < 4.78 is 0. The number of hydrogen-bond donors (Lipinski definition) is 1. The van der Waals surface area contributed by atoms with E-state index in [-0.39, 0.29) is 6.10 Å². The molecule has 1 aliphatic heterocycles. The van der Waals surface area contributed by atoms with Crippen LogP contribution in [-0.4, -0.2) is 84.3 Å². The third kappa shape index (κ3) is 5.64. The molecule has 0 radical (unpaired) electrons. The van der Waals surface area contributed by atoms with Crippen LogP contribution in [0.4, 0.5) is 0 Å². The molecule has 1 aliphatic rings. The first kappa shape index (κ1) is 16.8. The monoisotopic (exact) mass is 312 g/mol. The van der Waals surface area contributed by atoms with Gasteiger partial charge in [0.2, 0.25) is 0 Å². The second-order valence-corrected chi connectivity index (χ2v) is 6.98. The Bertz CT molecular complexity index is 418. The van der Waals surface area contributed by atoms with E-state index in [2.05, 4.69) is 46.1 Å². The quantitative estimate of drug-likeness (QED) is 0.805. The van der Waals surface area contributed by atoms with Gasteiger partial charge in [0, 0.05) is 51.2 Å². The van der Waals surface area contributed by atoms with Crippen molar-refractivity contribution in [2.24, 2.45) is 0 Å². The van der Waals surface area contributed by atoms with Crippen LogP contribution in [0.1, 0.15) is 17.6 Å². The van der Waals surface area contributed by atoms with Gasteiger partial charge in [0.25, 0.3) is 0 Å². The van der Waals surface area contributed by atoms with E-state index in [1.807, 2.05) is 0 Å². The first-order chi connectivity index (χ1) is 10.1. The molecule has 0 saturated carbocycles. The van der Waals surface area contributed by atoms with Crippen molar-refractivity contribution in [2.75, 3.05) is 53.4 Å². The highest BCUT2D eigenvalue weighted by Crippen LogP contribution is 2.12. The Morgan fingerprint density at radius 3 is 2.71 bits per heavy atom. The second-order valence-electron chi connectivity index (χ2n) is 6.04. The summed E-state index contributed by atoms with van der Waals surface area (Å²) in [7, 11) is 4.21. The SMILES string of the molecule is CCc1nc(CN(C)CC(O)CN2CCN(C)CC2)cs1. The molecule has 2 rings (SSSR count). The molecule has 5 nitrogen and oxygen atoms in total. The lowest BCUT2D eigenvalue weighted by atomic mass is 10.2. The van der Waals surface area contributed by atoms with Crippen LogP contribution in [0.3, 0.4) is 0 Å². The molecule has 1 atom stereocenters. The van der Waals surface area contributed by atoms with Gasteiger partial charge in [-0.05, 0) is 20.5 Å². The Hall–Kier alpha value is -0.530. The molecular formula is C15H28N4OS. The molecule has 1 N–H and O–H groups in total. The van der Waals surface area contributed by atoms with Crippen molar-refractivity contribution in [3.63, 3.8) is 0 Å². The fraction of sp³-hybridized carbons (Fsp3) is 0.800. The van der Waals surface area contributed by atoms with Gasteiger partial charge in [-0.15, -0.1) is 11.3 Å². The standard InChI is InChI=1S/C15H28N4OS/c1-4-15-16-13(12-21-15)9-18(3)10-14(20)11-19-7-5-17(2)6-8-19/h12,14,20H,4-11H2,1-3H3. The summed E-state index contributed by atoms with van der Waals surface area (Å²) in [5, 5.41) is 13.6. The van der Waals surface area contributed by atoms with Crippen molar-refractivity contribution in [3.8, 4) is 0 Å². The summed E-state index contributed by atoms with van der Waals surface area (Å²) >= 11 is 1.73. The molecule has 1 aromatic rings. The zero-order valence-corrected chi connectivity index (χ0v) is 14.3. The number of aryl methyl sites for hydroxylation is 1. The lowest BCUT2D eigenvalue weighted by molar-refractivity contribution is 0.0592. The lowest BCUT2D eigenvalue weighted by Crippen LogP contribution is -2.48. The average molecular weight is 312 g/mol. The van der Waals surface area contributed by atoms with Crippen LogP contribution in [0, 0.1) is 0 Å². The van der Waals surface area contributed by atoms with Gasteiger partial charge in [-0.1, -0.05) is 6.92 Å². The summed E-state index contributed by atoms with van der Waals surface area (Å²) in [6.45, 7) is 8.73. The Balaban J connectivity index is 1.70. The van der Waals surface area contributed by atoms with Gasteiger partial charge >= 0.3 is 0 Å². The molecule has 0 bridgehead atoms. The maximum absolute atomic E-state index is 10.3. The smallest absolute Gasteiger partial charge is 0.0926 e. The Morgan fingerprint density at radius 2 is 2.10 bits per heavy atom. The molecule has 120 valence electrons. The summed E-state index contributed by atoms with van der Waals surface area (Å²) in [6, 6.07) is 0. The molecule has 0 aliphatic carbocycles. The third-order valence-electron chi connectivity index (χ3n) is 3.92. The van der Waals surface area contributed by atoms with Gasteiger partial charge in [-0.25, -0.2) is 4.98 Å². The minimum Gasteiger partial charge on any atom is -0.390 e. The molecule has 6 heteroatoms. The Morgan fingerprint density at radius 1 is 1.38 bits per heavy atom. The number of hydrogen-bond acceptors (Lipinski definition) is 6. The van der Waals surface area contributed by atoms with Crippen molar-refractivity contribution in [3.05, 3.63) is 16.1 Å². The maximum atomic E-state index is 10.3. The number of aromatic nitrogens is 1. The molecule has 2 heterocycles. The van der Waals surface area contributed by atoms with Gasteiger partial charge in [-0.2, -0.15) is 0 Å². The van der Waals surface area contributed by atoms with E-state index in [1.165, 1.54) is 5.01 Å². The summed E-state index contributed by atoms with van der Waals surface area (Å²) in [4.78, 5) is 11.4. The largest absolute Gasteiger partial charge is 0.390 e. The maximum Gasteiger partial charge on any atom is 0.0926 e. The van der Waals surface area contributed by atoms with Crippen molar-refractivity contribution in [1.82, 2.24) is 19.7 Å². The number of thiazole rings is 1. The van der Waals surface area contributed by atoms with Crippen LogP contribution in [0.25, 0.3) is 0 Å².